The third-order valence-electron chi connectivity index (χ3n) is 2.40. The maximum absolute atomic E-state index is 13.0. The summed E-state index contributed by atoms with van der Waals surface area (Å²) in [6.07, 6.45) is 1.19. The lowest BCUT2D eigenvalue weighted by Gasteiger charge is -2.04. The fourth-order valence-corrected chi connectivity index (χ4v) is 1.49. The summed E-state index contributed by atoms with van der Waals surface area (Å²) < 4.78 is 13.0. The number of carbonyl (C=O) groups excluding carboxylic acids is 1. The highest BCUT2D eigenvalue weighted by molar-refractivity contribution is 6.07. The van der Waals surface area contributed by atoms with Crippen LogP contribution >= 0.6 is 0 Å². The highest BCUT2D eigenvalue weighted by atomic mass is 19.1. The van der Waals surface area contributed by atoms with Crippen LogP contribution in [-0.4, -0.2) is 21.0 Å². The molecule has 20 heavy (non-hydrogen) atoms. The van der Waals surface area contributed by atoms with E-state index in [0.29, 0.717) is 6.07 Å². The molecule has 0 radical (unpaired) electrons. The molecule has 0 saturated heterocycles. The molecule has 2 N–H and O–H groups in total. The molecule has 0 fully saturated rings. The number of H-pyrrole nitrogens is 1. The number of nitro benzene ring substituents is 1. The van der Waals surface area contributed by atoms with Crippen molar-refractivity contribution in [2.75, 3.05) is 5.32 Å². The predicted molar refractivity (Wildman–Crippen MR) is 64.3 cm³/mol. The Morgan fingerprint density at radius 2 is 2.30 bits per heavy atom. The van der Waals surface area contributed by atoms with Gasteiger partial charge in [-0.1, -0.05) is 0 Å². The number of halogens is 1. The number of amides is 1. The van der Waals surface area contributed by atoms with E-state index in [9.17, 15) is 19.3 Å². The zero-order valence-electron chi connectivity index (χ0n) is 9.75. The van der Waals surface area contributed by atoms with Gasteiger partial charge in [0.2, 0.25) is 0 Å². The standard InChI is InChI=1S/C11H6FN5O3/c12-7-1-2-8(9(3-7)17(19)20)11(18)15-10-6(4-13)5-14-16-10/h1-3,5H,(H2,14,15,16,18). The van der Waals surface area contributed by atoms with E-state index in [2.05, 4.69) is 15.5 Å². The van der Waals surface area contributed by atoms with Crippen LogP contribution in [0.1, 0.15) is 15.9 Å². The number of nitrogens with one attached hydrogen (secondary N) is 2. The Morgan fingerprint density at radius 1 is 1.55 bits per heavy atom. The number of nitrogens with zero attached hydrogens (tertiary/aromatic N) is 3. The van der Waals surface area contributed by atoms with Crippen LogP contribution in [0.4, 0.5) is 15.9 Å². The number of rotatable bonds is 3. The Labute approximate surface area is 111 Å². The Hall–Kier alpha value is -3.28. The summed E-state index contributed by atoms with van der Waals surface area (Å²) in [4.78, 5) is 21.8. The van der Waals surface area contributed by atoms with Crippen molar-refractivity contribution >= 4 is 17.4 Å². The molecule has 0 aliphatic rings. The first-order valence-corrected chi connectivity index (χ1v) is 5.21. The molecule has 0 atom stereocenters. The number of benzene rings is 1. The molecular formula is C11H6FN5O3. The minimum Gasteiger partial charge on any atom is -0.306 e. The zero-order valence-corrected chi connectivity index (χ0v) is 9.75. The molecule has 1 amide bonds. The van der Waals surface area contributed by atoms with Crippen molar-refractivity contribution in [2.24, 2.45) is 0 Å². The third kappa shape index (κ3) is 2.44. The summed E-state index contributed by atoms with van der Waals surface area (Å²) in [7, 11) is 0. The van der Waals surface area contributed by atoms with E-state index in [0.717, 1.165) is 12.1 Å². The summed E-state index contributed by atoms with van der Waals surface area (Å²) in [6.45, 7) is 0. The molecule has 8 nitrogen and oxygen atoms in total. The number of anilines is 1. The van der Waals surface area contributed by atoms with E-state index < -0.39 is 22.3 Å². The van der Waals surface area contributed by atoms with Crippen molar-refractivity contribution in [2.45, 2.75) is 0 Å². The van der Waals surface area contributed by atoms with E-state index in [1.165, 1.54) is 6.20 Å². The second-order valence-electron chi connectivity index (χ2n) is 3.64. The van der Waals surface area contributed by atoms with Crippen molar-refractivity contribution in [3.63, 3.8) is 0 Å². The van der Waals surface area contributed by atoms with Crippen molar-refractivity contribution in [3.8, 4) is 6.07 Å². The quantitative estimate of drug-likeness (QED) is 0.649. The second-order valence-corrected chi connectivity index (χ2v) is 3.64. The Morgan fingerprint density at radius 3 is 2.95 bits per heavy atom. The van der Waals surface area contributed by atoms with E-state index in [1.807, 2.05) is 0 Å². The lowest BCUT2D eigenvalue weighted by Crippen LogP contribution is -2.15. The van der Waals surface area contributed by atoms with Crippen LogP contribution in [0.15, 0.2) is 24.4 Å². The van der Waals surface area contributed by atoms with Gasteiger partial charge >= 0.3 is 0 Å². The molecule has 2 rings (SSSR count). The van der Waals surface area contributed by atoms with Gasteiger partial charge in [0.25, 0.3) is 11.6 Å². The van der Waals surface area contributed by atoms with Crippen LogP contribution in [-0.2, 0) is 0 Å². The number of hydrogen-bond donors (Lipinski definition) is 2. The topological polar surface area (TPSA) is 125 Å². The molecule has 1 heterocycles. The zero-order chi connectivity index (χ0) is 14.7. The highest BCUT2D eigenvalue weighted by Crippen LogP contribution is 2.21. The third-order valence-corrected chi connectivity index (χ3v) is 2.40. The Bertz CT molecular complexity index is 734. The van der Waals surface area contributed by atoms with Crippen LogP contribution in [0, 0.1) is 27.3 Å². The van der Waals surface area contributed by atoms with Crippen molar-refractivity contribution < 1.29 is 14.1 Å². The average molecular weight is 275 g/mol. The van der Waals surface area contributed by atoms with E-state index in [1.54, 1.807) is 6.07 Å². The fraction of sp³-hybridized carbons (Fsp3) is 0. The van der Waals surface area contributed by atoms with Gasteiger partial charge in [-0.25, -0.2) is 4.39 Å². The molecule has 0 aliphatic heterocycles. The number of carbonyl (C=O) groups is 1. The second kappa shape index (κ2) is 5.15. The molecular weight excluding hydrogens is 269 g/mol. The first-order chi connectivity index (χ1) is 9.52. The molecule has 9 heteroatoms. The minimum atomic E-state index is -0.865. The Balaban J connectivity index is 2.35. The van der Waals surface area contributed by atoms with Gasteiger partial charge in [0.15, 0.2) is 0 Å². The summed E-state index contributed by atoms with van der Waals surface area (Å²) in [6, 6.07) is 4.34. The first kappa shape index (κ1) is 13.2. The van der Waals surface area contributed by atoms with E-state index in [-0.39, 0.29) is 16.9 Å². The van der Waals surface area contributed by atoms with Gasteiger partial charge in [0, 0.05) is 0 Å². The number of nitro groups is 1. The normalized spacial score (nSPS) is 9.80. The van der Waals surface area contributed by atoms with Crippen molar-refractivity contribution in [1.29, 1.82) is 5.26 Å². The first-order valence-electron chi connectivity index (χ1n) is 5.21. The van der Waals surface area contributed by atoms with Crippen molar-refractivity contribution in [1.82, 2.24) is 10.2 Å². The molecule has 1 aromatic carbocycles. The molecule has 100 valence electrons. The number of aromatic amines is 1. The van der Waals surface area contributed by atoms with Crippen molar-refractivity contribution in [3.05, 3.63) is 51.5 Å². The molecule has 1 aromatic heterocycles. The SMILES string of the molecule is N#Cc1cn[nH]c1NC(=O)c1ccc(F)cc1[N+](=O)[O-]. The smallest absolute Gasteiger partial charge is 0.285 e. The summed E-state index contributed by atoms with van der Waals surface area (Å²) in [5.41, 5.74) is -0.918. The highest BCUT2D eigenvalue weighted by Gasteiger charge is 2.22. The van der Waals surface area contributed by atoms with Gasteiger partial charge in [-0.05, 0) is 12.1 Å². The van der Waals surface area contributed by atoms with E-state index in [4.69, 9.17) is 5.26 Å². The number of nitriles is 1. The van der Waals surface area contributed by atoms with Gasteiger partial charge in [0.05, 0.1) is 17.2 Å². The van der Waals surface area contributed by atoms with Gasteiger partial charge in [-0.15, -0.1) is 0 Å². The Kier molecular flexibility index (Phi) is 3.39. The molecule has 0 unspecified atom stereocenters. The van der Waals surface area contributed by atoms with Gasteiger partial charge in [0.1, 0.15) is 28.8 Å². The largest absolute Gasteiger partial charge is 0.306 e. The predicted octanol–water partition coefficient (Wildman–Crippen LogP) is 1.58. The monoisotopic (exact) mass is 275 g/mol. The van der Waals surface area contributed by atoms with Gasteiger partial charge in [-0.3, -0.25) is 20.0 Å². The maximum Gasteiger partial charge on any atom is 0.285 e. The van der Waals surface area contributed by atoms with Crippen LogP contribution in [0.5, 0.6) is 0 Å². The molecule has 0 aliphatic carbocycles. The molecule has 0 spiro atoms. The summed E-state index contributed by atoms with van der Waals surface area (Å²) >= 11 is 0. The average Bonchev–Trinajstić information content (AvgIpc) is 2.85. The van der Waals surface area contributed by atoms with Gasteiger partial charge in [-0.2, -0.15) is 10.4 Å². The lowest BCUT2D eigenvalue weighted by atomic mass is 10.1. The minimum absolute atomic E-state index is 0.0103. The van der Waals surface area contributed by atoms with E-state index >= 15 is 0 Å². The fourth-order valence-electron chi connectivity index (χ4n) is 1.49. The lowest BCUT2D eigenvalue weighted by molar-refractivity contribution is -0.385. The molecule has 0 bridgehead atoms. The van der Waals surface area contributed by atoms with Crippen LogP contribution in [0.2, 0.25) is 0 Å². The number of hydrogen-bond acceptors (Lipinski definition) is 5. The number of aromatic nitrogens is 2. The van der Waals surface area contributed by atoms with Crippen LogP contribution in [0.3, 0.4) is 0 Å². The molecule has 0 saturated carbocycles. The summed E-state index contributed by atoms with van der Waals surface area (Å²) in [5, 5.41) is 27.7. The van der Waals surface area contributed by atoms with Gasteiger partial charge < -0.3 is 5.32 Å². The molecule has 2 aromatic rings. The van der Waals surface area contributed by atoms with Crippen LogP contribution < -0.4 is 5.32 Å². The maximum atomic E-state index is 13.0. The van der Waals surface area contributed by atoms with Crippen LogP contribution in [0.25, 0.3) is 0 Å². The summed E-state index contributed by atoms with van der Waals surface area (Å²) in [5.74, 6) is -1.67.